The van der Waals surface area contributed by atoms with Crippen molar-refractivity contribution in [3.05, 3.63) is 64.7 Å². The number of hydrogen-bond acceptors (Lipinski definition) is 2. The summed E-state index contributed by atoms with van der Waals surface area (Å²) >= 11 is 0. The highest BCUT2D eigenvalue weighted by atomic mass is 19.4. The number of alkyl halides is 3. The Morgan fingerprint density at radius 3 is 2.33 bits per heavy atom. The number of nitriles is 1. The Labute approximate surface area is 120 Å². The third kappa shape index (κ3) is 3.76. The second-order valence-electron chi connectivity index (χ2n) is 4.59. The SMILES string of the molecule is Cc1ccc(COc2ccc(C#N)cc2C(F)(F)F)cc1. The predicted octanol–water partition coefficient (Wildman–Crippen LogP) is 4.46. The Kier molecular flexibility index (Phi) is 4.18. The average molecular weight is 291 g/mol. The minimum atomic E-state index is -4.56. The molecule has 108 valence electrons. The van der Waals surface area contributed by atoms with E-state index in [1.807, 2.05) is 19.1 Å². The summed E-state index contributed by atoms with van der Waals surface area (Å²) in [6.07, 6.45) is -4.56. The van der Waals surface area contributed by atoms with Crippen molar-refractivity contribution >= 4 is 0 Å². The fourth-order valence-corrected chi connectivity index (χ4v) is 1.79. The standard InChI is InChI=1S/C16H12F3NO/c1-11-2-4-12(5-3-11)10-21-15-7-6-13(9-20)8-14(15)16(17,18)19/h2-8H,10H2,1H3. The van der Waals surface area contributed by atoms with Gasteiger partial charge in [-0.25, -0.2) is 0 Å². The predicted molar refractivity (Wildman–Crippen MR) is 71.7 cm³/mol. The number of aryl methyl sites for hydroxylation is 1. The van der Waals surface area contributed by atoms with Crippen molar-refractivity contribution in [1.82, 2.24) is 0 Å². The summed E-state index contributed by atoms with van der Waals surface area (Å²) in [5, 5.41) is 8.69. The lowest BCUT2D eigenvalue weighted by molar-refractivity contribution is -0.139. The lowest BCUT2D eigenvalue weighted by Gasteiger charge is -2.14. The van der Waals surface area contributed by atoms with Gasteiger partial charge in [-0.1, -0.05) is 29.8 Å². The van der Waals surface area contributed by atoms with Crippen molar-refractivity contribution in [2.75, 3.05) is 0 Å². The molecule has 0 saturated heterocycles. The average Bonchev–Trinajstić information content (AvgIpc) is 2.45. The number of nitrogens with zero attached hydrogens (tertiary/aromatic N) is 1. The molecule has 0 unspecified atom stereocenters. The van der Waals surface area contributed by atoms with Gasteiger partial charge in [-0.05, 0) is 30.7 Å². The zero-order chi connectivity index (χ0) is 15.5. The lowest BCUT2D eigenvalue weighted by atomic mass is 10.1. The van der Waals surface area contributed by atoms with Crippen LogP contribution >= 0.6 is 0 Å². The first-order valence-electron chi connectivity index (χ1n) is 6.20. The first-order valence-corrected chi connectivity index (χ1v) is 6.20. The van der Waals surface area contributed by atoms with Crippen molar-refractivity contribution in [1.29, 1.82) is 5.26 Å². The molecule has 0 aliphatic carbocycles. The van der Waals surface area contributed by atoms with E-state index in [0.29, 0.717) is 0 Å². The molecule has 2 aromatic carbocycles. The minimum absolute atomic E-state index is 0.0370. The molecule has 0 aliphatic rings. The van der Waals surface area contributed by atoms with E-state index in [4.69, 9.17) is 10.00 Å². The molecule has 0 saturated carbocycles. The molecular weight excluding hydrogens is 279 g/mol. The maximum atomic E-state index is 13.0. The van der Waals surface area contributed by atoms with Gasteiger partial charge in [0.2, 0.25) is 0 Å². The van der Waals surface area contributed by atoms with Gasteiger partial charge in [-0.2, -0.15) is 18.4 Å². The van der Waals surface area contributed by atoms with Crippen molar-refractivity contribution in [2.45, 2.75) is 19.7 Å². The van der Waals surface area contributed by atoms with Crippen molar-refractivity contribution in [3.63, 3.8) is 0 Å². The van der Waals surface area contributed by atoms with Gasteiger partial charge in [0.1, 0.15) is 12.4 Å². The molecule has 0 aliphatic heterocycles. The van der Waals surface area contributed by atoms with Crippen molar-refractivity contribution in [3.8, 4) is 11.8 Å². The molecule has 5 heteroatoms. The third-order valence-electron chi connectivity index (χ3n) is 2.93. The van der Waals surface area contributed by atoms with Crippen LogP contribution < -0.4 is 4.74 Å². The number of benzene rings is 2. The van der Waals surface area contributed by atoms with Gasteiger partial charge in [0.05, 0.1) is 17.2 Å². The Bertz CT molecular complexity index is 669. The molecule has 0 aromatic heterocycles. The van der Waals surface area contributed by atoms with Crippen LogP contribution in [0.15, 0.2) is 42.5 Å². The van der Waals surface area contributed by atoms with E-state index in [2.05, 4.69) is 0 Å². The summed E-state index contributed by atoms with van der Waals surface area (Å²) in [4.78, 5) is 0. The van der Waals surface area contributed by atoms with Gasteiger partial charge in [-0.15, -0.1) is 0 Å². The zero-order valence-electron chi connectivity index (χ0n) is 11.2. The van der Waals surface area contributed by atoms with Gasteiger partial charge in [0, 0.05) is 0 Å². The molecule has 0 bridgehead atoms. The molecule has 0 spiro atoms. The lowest BCUT2D eigenvalue weighted by Crippen LogP contribution is -2.09. The molecule has 0 fully saturated rings. The summed E-state index contributed by atoms with van der Waals surface area (Å²) in [5.74, 6) is -0.276. The van der Waals surface area contributed by atoms with Crippen LogP contribution in [0.3, 0.4) is 0 Å². The molecule has 0 atom stereocenters. The van der Waals surface area contributed by atoms with Gasteiger partial charge >= 0.3 is 6.18 Å². The smallest absolute Gasteiger partial charge is 0.420 e. The summed E-state index contributed by atoms with van der Waals surface area (Å²) < 4.78 is 44.1. The maximum Gasteiger partial charge on any atom is 0.420 e. The summed E-state index contributed by atoms with van der Waals surface area (Å²) in [7, 11) is 0. The summed E-state index contributed by atoms with van der Waals surface area (Å²) in [6, 6.07) is 12.3. The quantitative estimate of drug-likeness (QED) is 0.836. The van der Waals surface area contributed by atoms with E-state index in [0.717, 1.165) is 17.2 Å². The molecule has 21 heavy (non-hydrogen) atoms. The largest absolute Gasteiger partial charge is 0.488 e. The highest BCUT2D eigenvalue weighted by Gasteiger charge is 2.34. The number of halogens is 3. The fraction of sp³-hybridized carbons (Fsp3) is 0.188. The molecule has 2 aromatic rings. The van der Waals surface area contributed by atoms with E-state index in [1.54, 1.807) is 18.2 Å². The van der Waals surface area contributed by atoms with Crippen molar-refractivity contribution < 1.29 is 17.9 Å². The minimum Gasteiger partial charge on any atom is -0.488 e. The molecule has 2 rings (SSSR count). The Balaban J connectivity index is 2.23. The second-order valence-corrected chi connectivity index (χ2v) is 4.59. The monoisotopic (exact) mass is 291 g/mol. The maximum absolute atomic E-state index is 13.0. The van der Waals surface area contributed by atoms with Gasteiger partial charge in [0.15, 0.2) is 0 Å². The van der Waals surface area contributed by atoms with Crippen LogP contribution in [0, 0.1) is 18.3 Å². The number of hydrogen-bond donors (Lipinski definition) is 0. The second kappa shape index (κ2) is 5.88. The summed E-state index contributed by atoms with van der Waals surface area (Å²) in [6.45, 7) is 1.96. The summed E-state index contributed by atoms with van der Waals surface area (Å²) in [5.41, 5.74) is 0.852. The van der Waals surface area contributed by atoms with Crippen LogP contribution in [0.5, 0.6) is 5.75 Å². The Morgan fingerprint density at radius 1 is 1.10 bits per heavy atom. The normalized spacial score (nSPS) is 11.0. The van der Waals surface area contributed by atoms with Crippen LogP contribution in [-0.4, -0.2) is 0 Å². The van der Waals surface area contributed by atoms with Crippen LogP contribution in [0.2, 0.25) is 0 Å². The van der Waals surface area contributed by atoms with Crippen LogP contribution in [0.25, 0.3) is 0 Å². The fourth-order valence-electron chi connectivity index (χ4n) is 1.79. The first-order chi connectivity index (χ1) is 9.90. The third-order valence-corrected chi connectivity index (χ3v) is 2.93. The highest BCUT2D eigenvalue weighted by molar-refractivity contribution is 5.43. The van der Waals surface area contributed by atoms with Gasteiger partial charge in [-0.3, -0.25) is 0 Å². The van der Waals surface area contributed by atoms with Crippen LogP contribution in [-0.2, 0) is 12.8 Å². The zero-order valence-corrected chi connectivity index (χ0v) is 11.2. The van der Waals surface area contributed by atoms with E-state index < -0.39 is 11.7 Å². The molecule has 0 heterocycles. The van der Waals surface area contributed by atoms with Gasteiger partial charge < -0.3 is 4.74 Å². The van der Waals surface area contributed by atoms with E-state index in [9.17, 15) is 13.2 Å². The topological polar surface area (TPSA) is 33.0 Å². The first kappa shape index (κ1) is 14.9. The van der Waals surface area contributed by atoms with E-state index >= 15 is 0 Å². The van der Waals surface area contributed by atoms with Crippen LogP contribution in [0.1, 0.15) is 22.3 Å². The number of rotatable bonds is 3. The Hall–Kier alpha value is -2.48. The molecule has 0 radical (unpaired) electrons. The molecule has 0 N–H and O–H groups in total. The molecular formula is C16H12F3NO. The van der Waals surface area contributed by atoms with E-state index in [-0.39, 0.29) is 17.9 Å². The molecule has 0 amide bonds. The number of ether oxygens (including phenoxy) is 1. The van der Waals surface area contributed by atoms with Crippen molar-refractivity contribution in [2.24, 2.45) is 0 Å². The van der Waals surface area contributed by atoms with Gasteiger partial charge in [0.25, 0.3) is 0 Å². The highest BCUT2D eigenvalue weighted by Crippen LogP contribution is 2.37. The van der Waals surface area contributed by atoms with Crippen LogP contribution in [0.4, 0.5) is 13.2 Å². The van der Waals surface area contributed by atoms with E-state index in [1.165, 1.54) is 12.1 Å². The molecule has 2 nitrogen and oxygen atoms in total. The Morgan fingerprint density at radius 2 is 1.76 bits per heavy atom.